The van der Waals surface area contributed by atoms with Crippen LogP contribution in [0.2, 0.25) is 0 Å². The van der Waals surface area contributed by atoms with E-state index < -0.39 is 11.5 Å². The van der Waals surface area contributed by atoms with E-state index in [-0.39, 0.29) is 5.82 Å². The molecular formula is C11H14FNO2S. The Morgan fingerprint density at radius 2 is 2.31 bits per heavy atom. The monoisotopic (exact) mass is 243 g/mol. The third kappa shape index (κ3) is 3.50. The normalized spacial score (nSPS) is 14.2. The molecule has 1 aromatic carbocycles. The van der Waals surface area contributed by atoms with Gasteiger partial charge in [0.2, 0.25) is 0 Å². The van der Waals surface area contributed by atoms with Crippen LogP contribution < -0.4 is 5.73 Å². The van der Waals surface area contributed by atoms with Gasteiger partial charge in [-0.1, -0.05) is 6.07 Å². The summed E-state index contributed by atoms with van der Waals surface area (Å²) in [5.74, 6) is -0.443. The Balaban J connectivity index is 2.61. The number of methoxy groups -OCH3 is 1. The van der Waals surface area contributed by atoms with Crippen molar-refractivity contribution in [2.45, 2.75) is 17.4 Å². The number of ether oxygens (including phenoxy) is 1. The maximum absolute atomic E-state index is 12.9. The topological polar surface area (TPSA) is 52.3 Å². The predicted molar refractivity (Wildman–Crippen MR) is 61.7 cm³/mol. The third-order valence-corrected chi connectivity index (χ3v) is 3.32. The van der Waals surface area contributed by atoms with Crippen LogP contribution in [0.3, 0.4) is 0 Å². The standard InChI is InChI=1S/C11H14FNO2S/c1-11(13,10(14)15-2)7-16-9-5-3-4-8(12)6-9/h3-6H,7,13H2,1-2H3. The lowest BCUT2D eigenvalue weighted by atomic mass is 10.1. The van der Waals surface area contributed by atoms with E-state index in [4.69, 9.17) is 5.73 Å². The third-order valence-electron chi connectivity index (χ3n) is 1.99. The zero-order chi connectivity index (χ0) is 12.2. The average Bonchev–Trinajstić information content (AvgIpc) is 2.25. The fourth-order valence-electron chi connectivity index (χ4n) is 1.08. The second-order valence-electron chi connectivity index (χ2n) is 3.66. The molecule has 1 unspecified atom stereocenters. The number of thioether (sulfide) groups is 1. The molecule has 0 fully saturated rings. The van der Waals surface area contributed by atoms with Gasteiger partial charge in [-0.2, -0.15) is 0 Å². The number of carbonyl (C=O) groups is 1. The molecule has 3 nitrogen and oxygen atoms in total. The maximum atomic E-state index is 12.9. The largest absolute Gasteiger partial charge is 0.468 e. The summed E-state index contributed by atoms with van der Waals surface area (Å²) in [6, 6.07) is 6.15. The molecule has 1 rings (SSSR count). The van der Waals surface area contributed by atoms with Crippen LogP contribution in [0.5, 0.6) is 0 Å². The molecule has 0 bridgehead atoms. The average molecular weight is 243 g/mol. The SMILES string of the molecule is COC(=O)C(C)(N)CSc1cccc(F)c1. The first-order valence-corrected chi connectivity index (χ1v) is 5.70. The molecule has 0 spiro atoms. The summed E-state index contributed by atoms with van der Waals surface area (Å²) in [5, 5.41) is 0. The first-order valence-electron chi connectivity index (χ1n) is 4.71. The number of halogens is 1. The first kappa shape index (κ1) is 13.0. The van der Waals surface area contributed by atoms with Crippen molar-refractivity contribution in [3.05, 3.63) is 30.1 Å². The molecule has 2 N–H and O–H groups in total. The first-order chi connectivity index (χ1) is 7.45. The van der Waals surface area contributed by atoms with Crippen LogP contribution >= 0.6 is 11.8 Å². The molecule has 88 valence electrons. The van der Waals surface area contributed by atoms with E-state index in [2.05, 4.69) is 4.74 Å². The number of esters is 1. The van der Waals surface area contributed by atoms with Gasteiger partial charge in [0.05, 0.1) is 7.11 Å². The predicted octanol–water partition coefficient (Wildman–Crippen LogP) is 1.81. The van der Waals surface area contributed by atoms with E-state index in [1.54, 1.807) is 19.1 Å². The summed E-state index contributed by atoms with van der Waals surface area (Å²) < 4.78 is 17.5. The fourth-order valence-corrected chi connectivity index (χ4v) is 2.04. The quantitative estimate of drug-likeness (QED) is 0.647. The molecular weight excluding hydrogens is 229 g/mol. The molecule has 5 heteroatoms. The van der Waals surface area contributed by atoms with Crippen molar-refractivity contribution in [1.82, 2.24) is 0 Å². The molecule has 0 saturated heterocycles. The number of rotatable bonds is 4. The number of nitrogens with two attached hydrogens (primary N) is 1. The summed E-state index contributed by atoms with van der Waals surface area (Å²) in [6.07, 6.45) is 0. The van der Waals surface area contributed by atoms with E-state index in [0.717, 1.165) is 4.90 Å². The van der Waals surface area contributed by atoms with E-state index in [0.29, 0.717) is 5.75 Å². The van der Waals surface area contributed by atoms with Crippen molar-refractivity contribution in [3.8, 4) is 0 Å². The van der Waals surface area contributed by atoms with Crippen molar-refractivity contribution in [2.75, 3.05) is 12.9 Å². The number of hydrogen-bond donors (Lipinski definition) is 1. The van der Waals surface area contributed by atoms with Gasteiger partial charge >= 0.3 is 5.97 Å². The molecule has 1 atom stereocenters. The summed E-state index contributed by atoms with van der Waals surface area (Å²) >= 11 is 1.32. The minimum absolute atomic E-state index is 0.304. The molecule has 0 saturated carbocycles. The lowest BCUT2D eigenvalue weighted by molar-refractivity contribution is -0.145. The van der Waals surface area contributed by atoms with Gasteiger partial charge in [0.15, 0.2) is 0 Å². The van der Waals surface area contributed by atoms with Crippen LogP contribution in [0.25, 0.3) is 0 Å². The fraction of sp³-hybridized carbons (Fsp3) is 0.364. The summed E-state index contributed by atoms with van der Waals surface area (Å²) in [5.41, 5.74) is 4.70. The van der Waals surface area contributed by atoms with Crippen LogP contribution in [-0.2, 0) is 9.53 Å². The molecule has 1 aromatic rings. The van der Waals surface area contributed by atoms with Crippen molar-refractivity contribution in [3.63, 3.8) is 0 Å². The van der Waals surface area contributed by atoms with Gasteiger partial charge in [-0.3, -0.25) is 4.79 Å². The number of carbonyl (C=O) groups excluding carboxylic acids is 1. The highest BCUT2D eigenvalue weighted by molar-refractivity contribution is 7.99. The highest BCUT2D eigenvalue weighted by Crippen LogP contribution is 2.22. The summed E-state index contributed by atoms with van der Waals surface area (Å²) in [6.45, 7) is 1.59. The van der Waals surface area contributed by atoms with Gasteiger partial charge in [-0.15, -0.1) is 11.8 Å². The van der Waals surface area contributed by atoms with E-state index in [9.17, 15) is 9.18 Å². The summed E-state index contributed by atoms with van der Waals surface area (Å²) in [7, 11) is 1.29. The Labute approximate surface area is 98.2 Å². The van der Waals surface area contributed by atoms with E-state index >= 15 is 0 Å². The Hall–Kier alpha value is -1.07. The molecule has 0 aliphatic heterocycles. The van der Waals surface area contributed by atoms with Crippen molar-refractivity contribution >= 4 is 17.7 Å². The van der Waals surface area contributed by atoms with Gasteiger partial charge in [-0.25, -0.2) is 4.39 Å². The van der Waals surface area contributed by atoms with Crippen molar-refractivity contribution in [1.29, 1.82) is 0 Å². The van der Waals surface area contributed by atoms with Crippen molar-refractivity contribution < 1.29 is 13.9 Å². The molecule has 0 heterocycles. The molecule has 0 amide bonds. The Morgan fingerprint density at radius 1 is 1.62 bits per heavy atom. The summed E-state index contributed by atoms with van der Waals surface area (Å²) in [4.78, 5) is 12.0. The lowest BCUT2D eigenvalue weighted by Gasteiger charge is -2.20. The van der Waals surface area contributed by atoms with Gasteiger partial charge in [0.1, 0.15) is 11.4 Å². The molecule has 0 radical (unpaired) electrons. The second-order valence-corrected chi connectivity index (χ2v) is 4.70. The van der Waals surface area contributed by atoms with Gasteiger partial charge in [0.25, 0.3) is 0 Å². The smallest absolute Gasteiger partial charge is 0.326 e. The Kier molecular flexibility index (Phi) is 4.32. The van der Waals surface area contributed by atoms with Crippen molar-refractivity contribution in [2.24, 2.45) is 5.73 Å². The second kappa shape index (κ2) is 5.32. The highest BCUT2D eigenvalue weighted by atomic mass is 32.2. The molecule has 16 heavy (non-hydrogen) atoms. The van der Waals surface area contributed by atoms with Crippen LogP contribution in [0.4, 0.5) is 4.39 Å². The number of hydrogen-bond acceptors (Lipinski definition) is 4. The zero-order valence-corrected chi connectivity index (χ0v) is 10.0. The minimum atomic E-state index is -1.06. The van der Waals surface area contributed by atoms with Gasteiger partial charge in [0, 0.05) is 10.6 Å². The van der Waals surface area contributed by atoms with Crippen LogP contribution in [0, 0.1) is 5.82 Å². The minimum Gasteiger partial charge on any atom is -0.468 e. The number of benzene rings is 1. The lowest BCUT2D eigenvalue weighted by Crippen LogP contribution is -2.48. The Bertz CT molecular complexity index is 382. The molecule has 0 aliphatic carbocycles. The van der Waals surface area contributed by atoms with E-state index in [1.165, 1.54) is 31.0 Å². The maximum Gasteiger partial charge on any atom is 0.326 e. The van der Waals surface area contributed by atoms with Crippen LogP contribution in [0.1, 0.15) is 6.92 Å². The van der Waals surface area contributed by atoms with Gasteiger partial charge < -0.3 is 10.5 Å². The Morgan fingerprint density at radius 3 is 2.88 bits per heavy atom. The highest BCUT2D eigenvalue weighted by Gasteiger charge is 2.29. The van der Waals surface area contributed by atoms with E-state index in [1.807, 2.05) is 0 Å². The zero-order valence-electron chi connectivity index (χ0n) is 9.20. The van der Waals surface area contributed by atoms with Gasteiger partial charge in [-0.05, 0) is 25.1 Å². The van der Waals surface area contributed by atoms with Crippen LogP contribution in [-0.4, -0.2) is 24.4 Å². The van der Waals surface area contributed by atoms with Crippen LogP contribution in [0.15, 0.2) is 29.2 Å². The molecule has 0 aliphatic rings. The molecule has 0 aromatic heterocycles.